The Morgan fingerprint density at radius 1 is 0.323 bits per heavy atom. The average molecular weight is 877 g/mol. The lowest BCUT2D eigenvalue weighted by Crippen LogP contribution is -2.45. The number of amides is 1. The van der Waals surface area contributed by atoms with Crippen molar-refractivity contribution < 1.29 is 15.0 Å². The maximum atomic E-state index is 12.5. The van der Waals surface area contributed by atoms with Crippen LogP contribution < -0.4 is 5.32 Å². The molecule has 0 aromatic heterocycles. The van der Waals surface area contributed by atoms with Crippen LogP contribution in [0.4, 0.5) is 0 Å². The molecule has 0 saturated carbocycles. The number of unbranched alkanes of at least 4 members (excludes halogenated alkanes) is 48. The number of carbonyl (C=O) groups is 1. The quantitative estimate of drug-likeness (QED) is 0.0533. The number of aliphatic hydroxyl groups is 2. The molecule has 0 aliphatic carbocycles. The van der Waals surface area contributed by atoms with Gasteiger partial charge in [-0.2, -0.15) is 0 Å². The van der Waals surface area contributed by atoms with Crippen molar-refractivity contribution in [2.75, 3.05) is 6.61 Å². The normalized spacial score (nSPS) is 12.6. The first-order valence-electron chi connectivity index (χ1n) is 29.2. The van der Waals surface area contributed by atoms with Crippen LogP contribution in [-0.2, 0) is 4.79 Å². The standard InChI is InChI=1S/C58H117NO3/c1-3-5-7-9-11-13-15-17-19-21-23-24-25-26-27-28-29-30-31-32-33-34-35-36-38-40-42-44-46-48-50-52-54-58(62)59-56(55-60)57(61)53-51-49-47-45-43-41-39-37-22-20-18-16-14-12-10-8-6-4-2/h56-57,60-61H,3-55H2,1-2H3,(H,59,62). The zero-order valence-electron chi connectivity index (χ0n) is 42.9. The molecule has 0 fully saturated rings. The molecular formula is C58H117NO3. The van der Waals surface area contributed by atoms with Gasteiger partial charge in [-0.05, 0) is 12.8 Å². The van der Waals surface area contributed by atoms with E-state index in [1.165, 1.54) is 295 Å². The van der Waals surface area contributed by atoms with Gasteiger partial charge in [0.2, 0.25) is 5.91 Å². The molecule has 0 radical (unpaired) electrons. The largest absolute Gasteiger partial charge is 0.394 e. The second-order valence-electron chi connectivity index (χ2n) is 20.4. The molecule has 2 unspecified atom stereocenters. The van der Waals surface area contributed by atoms with E-state index in [9.17, 15) is 15.0 Å². The van der Waals surface area contributed by atoms with E-state index >= 15 is 0 Å². The van der Waals surface area contributed by atoms with Gasteiger partial charge in [-0.25, -0.2) is 0 Å². The molecule has 0 aliphatic heterocycles. The Morgan fingerprint density at radius 3 is 0.726 bits per heavy atom. The second-order valence-corrected chi connectivity index (χ2v) is 20.4. The highest BCUT2D eigenvalue weighted by atomic mass is 16.3. The number of rotatable bonds is 55. The third-order valence-electron chi connectivity index (χ3n) is 14.1. The lowest BCUT2D eigenvalue weighted by atomic mass is 10.0. The number of carbonyl (C=O) groups excluding carboxylic acids is 1. The van der Waals surface area contributed by atoms with Crippen molar-refractivity contribution in [2.24, 2.45) is 0 Å². The van der Waals surface area contributed by atoms with Crippen molar-refractivity contribution in [3.05, 3.63) is 0 Å². The third kappa shape index (κ3) is 50.4. The van der Waals surface area contributed by atoms with Crippen LogP contribution in [-0.4, -0.2) is 34.9 Å². The summed E-state index contributed by atoms with van der Waals surface area (Å²) in [7, 11) is 0. The summed E-state index contributed by atoms with van der Waals surface area (Å²) in [5, 5.41) is 23.3. The molecule has 0 aliphatic rings. The molecule has 372 valence electrons. The summed E-state index contributed by atoms with van der Waals surface area (Å²) in [5.41, 5.74) is 0. The summed E-state index contributed by atoms with van der Waals surface area (Å²) in [6.45, 7) is 4.41. The lowest BCUT2D eigenvalue weighted by molar-refractivity contribution is -0.123. The van der Waals surface area contributed by atoms with Gasteiger partial charge >= 0.3 is 0 Å². The molecule has 0 rings (SSSR count). The van der Waals surface area contributed by atoms with Gasteiger partial charge in [0.25, 0.3) is 0 Å². The first-order chi connectivity index (χ1) is 30.7. The molecule has 3 N–H and O–H groups in total. The van der Waals surface area contributed by atoms with E-state index < -0.39 is 12.1 Å². The maximum absolute atomic E-state index is 12.5. The number of nitrogens with one attached hydrogen (secondary N) is 1. The number of hydrogen-bond acceptors (Lipinski definition) is 3. The van der Waals surface area contributed by atoms with Crippen LogP contribution in [0.1, 0.15) is 348 Å². The van der Waals surface area contributed by atoms with Gasteiger partial charge in [-0.3, -0.25) is 4.79 Å². The molecule has 62 heavy (non-hydrogen) atoms. The van der Waals surface area contributed by atoms with Gasteiger partial charge in [-0.1, -0.05) is 328 Å². The molecule has 0 spiro atoms. The van der Waals surface area contributed by atoms with Crippen molar-refractivity contribution in [3.8, 4) is 0 Å². The molecule has 0 aromatic rings. The van der Waals surface area contributed by atoms with Crippen LogP contribution >= 0.6 is 0 Å². The number of hydrogen-bond donors (Lipinski definition) is 3. The topological polar surface area (TPSA) is 69.6 Å². The highest BCUT2D eigenvalue weighted by Crippen LogP contribution is 2.19. The van der Waals surface area contributed by atoms with Gasteiger partial charge < -0.3 is 15.5 Å². The SMILES string of the molecule is CCCCCCCCCCCCCCCCCCCCCCCCCCCCCCCCCCC(=O)NC(CO)C(O)CCCCCCCCCCCCCCCCCCCC. The van der Waals surface area contributed by atoms with E-state index in [0.717, 1.165) is 25.7 Å². The van der Waals surface area contributed by atoms with Crippen molar-refractivity contribution in [2.45, 2.75) is 360 Å². The first kappa shape index (κ1) is 61.4. The molecule has 0 heterocycles. The van der Waals surface area contributed by atoms with E-state index in [1.807, 2.05) is 0 Å². The van der Waals surface area contributed by atoms with E-state index in [1.54, 1.807) is 0 Å². The highest BCUT2D eigenvalue weighted by molar-refractivity contribution is 5.76. The van der Waals surface area contributed by atoms with Gasteiger partial charge in [0.15, 0.2) is 0 Å². The van der Waals surface area contributed by atoms with Crippen molar-refractivity contribution in [1.82, 2.24) is 5.32 Å². The zero-order chi connectivity index (χ0) is 44.9. The van der Waals surface area contributed by atoms with E-state index in [-0.39, 0.29) is 12.5 Å². The summed E-state index contributed by atoms with van der Waals surface area (Å²) in [6, 6.07) is -0.531. The first-order valence-corrected chi connectivity index (χ1v) is 29.2. The fourth-order valence-corrected chi connectivity index (χ4v) is 9.66. The summed E-state index contributed by atoms with van der Waals surface area (Å²) >= 11 is 0. The highest BCUT2D eigenvalue weighted by Gasteiger charge is 2.20. The molecule has 1 amide bonds. The molecule has 2 atom stereocenters. The Balaban J connectivity index is 3.36. The van der Waals surface area contributed by atoms with Crippen LogP contribution in [0, 0.1) is 0 Å². The van der Waals surface area contributed by atoms with Crippen molar-refractivity contribution in [3.63, 3.8) is 0 Å². The van der Waals surface area contributed by atoms with Gasteiger partial charge in [0, 0.05) is 6.42 Å². The summed E-state index contributed by atoms with van der Waals surface area (Å²) in [4.78, 5) is 12.5. The minimum atomic E-state index is -0.654. The Bertz CT molecular complexity index is 819. The molecule has 0 bridgehead atoms. The maximum Gasteiger partial charge on any atom is 0.220 e. The summed E-state index contributed by atoms with van der Waals surface area (Å²) < 4.78 is 0. The predicted octanol–water partition coefficient (Wildman–Crippen LogP) is 19.1. The van der Waals surface area contributed by atoms with Crippen LogP contribution in [0.2, 0.25) is 0 Å². The number of aliphatic hydroxyl groups excluding tert-OH is 2. The third-order valence-corrected chi connectivity index (χ3v) is 14.1. The molecular weight excluding hydrogens is 759 g/mol. The van der Waals surface area contributed by atoms with Crippen LogP contribution in [0.25, 0.3) is 0 Å². The Kier molecular flexibility index (Phi) is 54.2. The molecule has 0 aromatic carbocycles. The zero-order valence-corrected chi connectivity index (χ0v) is 42.9. The smallest absolute Gasteiger partial charge is 0.220 e. The fourth-order valence-electron chi connectivity index (χ4n) is 9.66. The van der Waals surface area contributed by atoms with Gasteiger partial charge in [0.05, 0.1) is 18.8 Å². The Hall–Kier alpha value is -0.610. The average Bonchev–Trinajstić information content (AvgIpc) is 3.28. The van der Waals surface area contributed by atoms with Crippen molar-refractivity contribution >= 4 is 5.91 Å². The van der Waals surface area contributed by atoms with Gasteiger partial charge in [0.1, 0.15) is 0 Å². The van der Waals surface area contributed by atoms with E-state index in [0.29, 0.717) is 12.8 Å². The summed E-state index contributed by atoms with van der Waals surface area (Å²) in [5.74, 6) is -0.0218. The van der Waals surface area contributed by atoms with Crippen molar-refractivity contribution in [1.29, 1.82) is 0 Å². The lowest BCUT2D eigenvalue weighted by Gasteiger charge is -2.22. The Morgan fingerprint density at radius 2 is 0.516 bits per heavy atom. The van der Waals surface area contributed by atoms with Gasteiger partial charge in [-0.15, -0.1) is 0 Å². The molecule has 4 nitrogen and oxygen atoms in total. The Labute approximate surface area is 391 Å². The van der Waals surface area contributed by atoms with Crippen LogP contribution in [0.15, 0.2) is 0 Å². The molecule has 4 heteroatoms. The second kappa shape index (κ2) is 54.7. The van der Waals surface area contributed by atoms with E-state index in [4.69, 9.17) is 0 Å². The predicted molar refractivity (Wildman–Crippen MR) is 276 cm³/mol. The monoisotopic (exact) mass is 876 g/mol. The summed E-state index contributed by atoms with van der Waals surface area (Å²) in [6.07, 6.45) is 69.7. The minimum absolute atomic E-state index is 0.0218. The fraction of sp³-hybridized carbons (Fsp3) is 0.983. The molecule has 0 saturated heterocycles. The minimum Gasteiger partial charge on any atom is -0.394 e. The van der Waals surface area contributed by atoms with Crippen LogP contribution in [0.5, 0.6) is 0 Å². The van der Waals surface area contributed by atoms with E-state index in [2.05, 4.69) is 19.2 Å². The van der Waals surface area contributed by atoms with Crippen LogP contribution in [0.3, 0.4) is 0 Å².